The Morgan fingerprint density at radius 3 is 2.88 bits per heavy atom. The van der Waals surface area contributed by atoms with E-state index in [-0.39, 0.29) is 11.5 Å². The molecule has 0 unspecified atom stereocenters. The molecule has 1 fully saturated rings. The second-order valence-electron chi connectivity index (χ2n) is 3.55. The minimum atomic E-state index is -3.50. The highest BCUT2D eigenvalue weighted by molar-refractivity contribution is 7.94. The van der Waals surface area contributed by atoms with Crippen molar-refractivity contribution >= 4 is 9.84 Å². The van der Waals surface area contributed by atoms with Crippen LogP contribution in [0.25, 0.3) is 0 Å². The fourth-order valence-electron chi connectivity index (χ4n) is 1.55. The van der Waals surface area contributed by atoms with Crippen molar-refractivity contribution in [2.45, 2.75) is 6.42 Å². The molecule has 1 saturated heterocycles. The predicted octanol–water partition coefficient (Wildman–Crippen LogP) is -0.989. The lowest BCUT2D eigenvalue weighted by Crippen LogP contribution is -2.25. The van der Waals surface area contributed by atoms with Gasteiger partial charge in [-0.2, -0.15) is 5.26 Å². The van der Waals surface area contributed by atoms with Crippen LogP contribution in [-0.2, 0) is 9.84 Å². The quantitative estimate of drug-likeness (QED) is 0.618. The first kappa shape index (κ1) is 12.8. The van der Waals surface area contributed by atoms with Crippen LogP contribution in [-0.4, -0.2) is 50.9 Å². The maximum atomic E-state index is 11.4. The molecule has 1 aliphatic rings. The summed E-state index contributed by atoms with van der Waals surface area (Å²) < 4.78 is 22.7. The Labute approximate surface area is 95.1 Å². The number of nitrogens with zero attached hydrogens (tertiary/aromatic N) is 2. The van der Waals surface area contributed by atoms with Gasteiger partial charge in [0.05, 0.1) is 0 Å². The van der Waals surface area contributed by atoms with Crippen molar-refractivity contribution in [3.05, 3.63) is 10.7 Å². The van der Waals surface area contributed by atoms with Gasteiger partial charge in [-0.1, -0.05) is 0 Å². The fraction of sp³-hybridized carbons (Fsp3) is 0.667. The molecule has 90 valence electrons. The molecule has 0 aromatic carbocycles. The topological polar surface area (TPSA) is 93.4 Å². The van der Waals surface area contributed by atoms with Crippen molar-refractivity contribution in [1.29, 1.82) is 5.26 Å². The van der Waals surface area contributed by atoms with Crippen LogP contribution in [0.2, 0.25) is 0 Å². The van der Waals surface area contributed by atoms with Gasteiger partial charge < -0.3 is 15.3 Å². The van der Waals surface area contributed by atoms with E-state index in [1.165, 1.54) is 0 Å². The Bertz CT molecular complexity index is 422. The summed E-state index contributed by atoms with van der Waals surface area (Å²) in [5, 5.41) is 20.5. The lowest BCUT2D eigenvalue weighted by atomic mass is 10.4. The standard InChI is InChI=1S/C9H15N3O3S/c1-16(14,15)8(7-10)9-11-3-5-12(9)4-2-6-13/h11,13H,2-6H2,1H3. The molecule has 6 nitrogen and oxygen atoms in total. The van der Waals surface area contributed by atoms with Crippen LogP contribution >= 0.6 is 0 Å². The molecule has 0 amide bonds. The number of aliphatic hydroxyl groups is 1. The third kappa shape index (κ3) is 2.87. The summed E-state index contributed by atoms with van der Waals surface area (Å²) in [5.41, 5.74) is 0. The molecule has 1 rings (SSSR count). The van der Waals surface area contributed by atoms with Gasteiger partial charge >= 0.3 is 0 Å². The third-order valence-corrected chi connectivity index (χ3v) is 3.29. The molecular weight excluding hydrogens is 230 g/mol. The van der Waals surface area contributed by atoms with Crippen molar-refractivity contribution in [2.75, 3.05) is 32.5 Å². The average Bonchev–Trinajstić information content (AvgIpc) is 2.62. The third-order valence-electron chi connectivity index (χ3n) is 2.26. The Balaban J connectivity index is 3.00. The minimum absolute atomic E-state index is 0.0462. The molecule has 0 aliphatic carbocycles. The molecule has 2 N–H and O–H groups in total. The van der Waals surface area contributed by atoms with Crippen LogP contribution in [0.15, 0.2) is 10.7 Å². The molecule has 0 radical (unpaired) electrons. The van der Waals surface area contributed by atoms with E-state index in [9.17, 15) is 8.42 Å². The smallest absolute Gasteiger partial charge is 0.189 e. The molecule has 0 atom stereocenters. The zero-order valence-corrected chi connectivity index (χ0v) is 9.92. The summed E-state index contributed by atoms with van der Waals surface area (Å²) in [5.74, 6) is 0.360. The number of nitriles is 1. The first-order valence-corrected chi connectivity index (χ1v) is 6.84. The lowest BCUT2D eigenvalue weighted by molar-refractivity contribution is 0.261. The highest BCUT2D eigenvalue weighted by Crippen LogP contribution is 2.16. The van der Waals surface area contributed by atoms with Gasteiger partial charge in [-0.3, -0.25) is 0 Å². The molecule has 16 heavy (non-hydrogen) atoms. The Hall–Kier alpha value is -1.26. The van der Waals surface area contributed by atoms with E-state index in [1.54, 1.807) is 11.0 Å². The second kappa shape index (κ2) is 5.18. The van der Waals surface area contributed by atoms with Crippen molar-refractivity contribution in [2.24, 2.45) is 0 Å². The van der Waals surface area contributed by atoms with Gasteiger partial charge in [0.2, 0.25) is 0 Å². The summed E-state index contributed by atoms with van der Waals surface area (Å²) >= 11 is 0. The summed E-state index contributed by atoms with van der Waals surface area (Å²) in [6.45, 7) is 1.85. The van der Waals surface area contributed by atoms with E-state index in [2.05, 4.69) is 5.32 Å². The summed E-state index contributed by atoms with van der Waals surface area (Å²) in [4.78, 5) is 1.54. The Morgan fingerprint density at radius 1 is 1.69 bits per heavy atom. The summed E-state index contributed by atoms with van der Waals surface area (Å²) in [6.07, 6.45) is 1.57. The highest BCUT2D eigenvalue weighted by Gasteiger charge is 2.25. The number of hydrogen-bond acceptors (Lipinski definition) is 6. The van der Waals surface area contributed by atoms with Gasteiger partial charge in [-0.25, -0.2) is 8.42 Å². The summed E-state index contributed by atoms with van der Waals surface area (Å²) in [6, 6.07) is 1.72. The molecular formula is C9H15N3O3S. The normalized spacial score (nSPS) is 19.2. The molecule has 0 spiro atoms. The van der Waals surface area contributed by atoms with Gasteiger partial charge in [0.1, 0.15) is 11.9 Å². The number of rotatable bonds is 4. The number of allylic oxidation sites excluding steroid dienone is 1. The molecule has 0 bridgehead atoms. The van der Waals surface area contributed by atoms with E-state index in [4.69, 9.17) is 10.4 Å². The van der Waals surface area contributed by atoms with E-state index >= 15 is 0 Å². The fourth-order valence-corrected chi connectivity index (χ4v) is 2.27. The van der Waals surface area contributed by atoms with Crippen LogP contribution in [0, 0.1) is 11.3 Å². The largest absolute Gasteiger partial charge is 0.396 e. The van der Waals surface area contributed by atoms with Crippen LogP contribution < -0.4 is 5.32 Å². The Morgan fingerprint density at radius 2 is 2.38 bits per heavy atom. The van der Waals surface area contributed by atoms with E-state index < -0.39 is 9.84 Å². The van der Waals surface area contributed by atoms with Crippen molar-refractivity contribution in [3.8, 4) is 6.07 Å². The van der Waals surface area contributed by atoms with Crippen LogP contribution in [0.3, 0.4) is 0 Å². The van der Waals surface area contributed by atoms with Gasteiger partial charge in [0.25, 0.3) is 0 Å². The zero-order chi connectivity index (χ0) is 12.2. The molecule has 1 heterocycles. The SMILES string of the molecule is CS(=O)(=O)C(C#N)=C1NCCN1CCCO. The maximum Gasteiger partial charge on any atom is 0.189 e. The van der Waals surface area contributed by atoms with E-state index in [0.717, 1.165) is 6.26 Å². The number of hydrogen-bond donors (Lipinski definition) is 2. The van der Waals surface area contributed by atoms with Crippen molar-refractivity contribution in [3.63, 3.8) is 0 Å². The van der Waals surface area contributed by atoms with Crippen molar-refractivity contribution < 1.29 is 13.5 Å². The number of aliphatic hydroxyl groups excluding tert-OH is 1. The van der Waals surface area contributed by atoms with E-state index in [0.29, 0.717) is 31.9 Å². The minimum Gasteiger partial charge on any atom is -0.396 e. The van der Waals surface area contributed by atoms with Gasteiger partial charge in [-0.15, -0.1) is 0 Å². The van der Waals surface area contributed by atoms with E-state index in [1.807, 2.05) is 0 Å². The summed E-state index contributed by atoms with van der Waals surface area (Å²) in [7, 11) is -3.50. The number of nitrogens with one attached hydrogen (secondary N) is 1. The van der Waals surface area contributed by atoms with Crippen LogP contribution in [0.1, 0.15) is 6.42 Å². The lowest BCUT2D eigenvalue weighted by Gasteiger charge is -2.18. The maximum absolute atomic E-state index is 11.4. The van der Waals surface area contributed by atoms with Crippen LogP contribution in [0.4, 0.5) is 0 Å². The molecule has 0 aromatic rings. The highest BCUT2D eigenvalue weighted by atomic mass is 32.2. The first-order valence-electron chi connectivity index (χ1n) is 4.95. The first-order chi connectivity index (χ1) is 7.50. The van der Waals surface area contributed by atoms with Gasteiger partial charge in [0.15, 0.2) is 14.7 Å². The molecule has 7 heteroatoms. The molecule has 0 saturated carbocycles. The molecule has 0 aromatic heterocycles. The predicted molar refractivity (Wildman–Crippen MR) is 58.8 cm³/mol. The second-order valence-corrected chi connectivity index (χ2v) is 5.51. The average molecular weight is 245 g/mol. The van der Waals surface area contributed by atoms with Crippen LogP contribution in [0.5, 0.6) is 0 Å². The monoisotopic (exact) mass is 245 g/mol. The van der Waals surface area contributed by atoms with Gasteiger partial charge in [0, 0.05) is 32.5 Å². The Kier molecular flexibility index (Phi) is 4.15. The van der Waals surface area contributed by atoms with Crippen molar-refractivity contribution in [1.82, 2.24) is 10.2 Å². The number of sulfone groups is 1. The zero-order valence-electron chi connectivity index (χ0n) is 9.10. The molecule has 1 aliphatic heterocycles. The van der Waals surface area contributed by atoms with Gasteiger partial charge in [-0.05, 0) is 6.42 Å².